The number of carbonyl (C=O) groups is 3. The molecular formula is C12H14N6O4. The first kappa shape index (κ1) is 15.2. The highest BCUT2D eigenvalue weighted by molar-refractivity contribution is 6.01. The number of aryl methyl sites for hydroxylation is 1. The van der Waals surface area contributed by atoms with E-state index in [1.807, 2.05) is 6.92 Å². The van der Waals surface area contributed by atoms with Crippen LogP contribution in [0, 0.1) is 0 Å². The van der Waals surface area contributed by atoms with E-state index in [0.29, 0.717) is 6.54 Å². The number of nitrogens with two attached hydrogens (primary N) is 1. The summed E-state index contributed by atoms with van der Waals surface area (Å²) < 4.78 is 2.64. The molecule has 0 saturated carbocycles. The molecule has 0 spiro atoms. The third-order valence-corrected chi connectivity index (χ3v) is 2.78. The van der Waals surface area contributed by atoms with Crippen molar-refractivity contribution < 1.29 is 19.5 Å². The van der Waals surface area contributed by atoms with Crippen molar-refractivity contribution in [2.75, 3.05) is 5.32 Å². The molecular weight excluding hydrogens is 292 g/mol. The maximum Gasteiger partial charge on any atom is 0.338 e. The van der Waals surface area contributed by atoms with E-state index in [1.165, 1.54) is 21.8 Å². The number of nitrogens with zero attached hydrogens (tertiary/aromatic N) is 4. The summed E-state index contributed by atoms with van der Waals surface area (Å²) >= 11 is 0. The summed E-state index contributed by atoms with van der Waals surface area (Å²) in [5.74, 6) is -2.38. The van der Waals surface area contributed by atoms with Crippen LogP contribution in [0.4, 0.5) is 5.69 Å². The first-order valence-corrected chi connectivity index (χ1v) is 6.33. The Kier molecular flexibility index (Phi) is 4.20. The van der Waals surface area contributed by atoms with Gasteiger partial charge in [-0.2, -0.15) is 10.2 Å². The van der Waals surface area contributed by atoms with E-state index in [9.17, 15) is 14.4 Å². The zero-order chi connectivity index (χ0) is 16.3. The van der Waals surface area contributed by atoms with Crippen LogP contribution in [0.5, 0.6) is 0 Å². The lowest BCUT2D eigenvalue weighted by Gasteiger charge is -2.03. The third kappa shape index (κ3) is 3.29. The average Bonchev–Trinajstić information content (AvgIpc) is 3.05. The molecule has 2 amide bonds. The van der Waals surface area contributed by atoms with Crippen LogP contribution in [-0.2, 0) is 17.9 Å². The smallest absolute Gasteiger partial charge is 0.338 e. The lowest BCUT2D eigenvalue weighted by Crippen LogP contribution is -2.21. The molecule has 0 radical (unpaired) electrons. The van der Waals surface area contributed by atoms with Gasteiger partial charge in [0.1, 0.15) is 6.54 Å². The number of nitrogens with one attached hydrogen (secondary N) is 1. The molecule has 22 heavy (non-hydrogen) atoms. The van der Waals surface area contributed by atoms with Gasteiger partial charge in [0.25, 0.3) is 5.91 Å². The molecule has 0 unspecified atom stereocenters. The van der Waals surface area contributed by atoms with Crippen molar-refractivity contribution in [1.82, 2.24) is 19.6 Å². The van der Waals surface area contributed by atoms with E-state index in [1.54, 1.807) is 0 Å². The lowest BCUT2D eigenvalue weighted by molar-refractivity contribution is -0.116. The fraction of sp³-hybridized carbons (Fsp3) is 0.250. The molecule has 0 aliphatic rings. The first-order chi connectivity index (χ1) is 10.4. The molecule has 0 aliphatic carbocycles. The Morgan fingerprint density at radius 2 is 2.05 bits per heavy atom. The van der Waals surface area contributed by atoms with Gasteiger partial charge < -0.3 is 16.2 Å². The van der Waals surface area contributed by atoms with Crippen molar-refractivity contribution >= 4 is 23.5 Å². The quantitative estimate of drug-likeness (QED) is 0.658. The summed E-state index contributed by atoms with van der Waals surface area (Å²) in [4.78, 5) is 33.9. The highest BCUT2D eigenvalue weighted by Gasteiger charge is 2.16. The molecule has 4 N–H and O–H groups in total. The van der Waals surface area contributed by atoms with Crippen molar-refractivity contribution in [2.45, 2.75) is 20.0 Å². The van der Waals surface area contributed by atoms with Gasteiger partial charge in [-0.1, -0.05) is 0 Å². The fourth-order valence-corrected chi connectivity index (χ4v) is 1.75. The predicted molar refractivity (Wildman–Crippen MR) is 74.2 cm³/mol. The van der Waals surface area contributed by atoms with Gasteiger partial charge in [0.15, 0.2) is 5.69 Å². The monoisotopic (exact) mass is 306 g/mol. The van der Waals surface area contributed by atoms with Gasteiger partial charge in [0, 0.05) is 18.9 Å². The Hall–Kier alpha value is -3.17. The number of anilines is 1. The van der Waals surface area contributed by atoms with Crippen LogP contribution in [0.3, 0.4) is 0 Å². The number of carboxylic acid groups (broad SMARTS) is 1. The molecule has 0 fully saturated rings. The second-order valence-corrected chi connectivity index (χ2v) is 4.39. The lowest BCUT2D eigenvalue weighted by atomic mass is 10.3. The second-order valence-electron chi connectivity index (χ2n) is 4.39. The number of aromatic carboxylic acids is 1. The predicted octanol–water partition coefficient (Wildman–Crippen LogP) is -0.465. The molecule has 2 aromatic rings. The van der Waals surface area contributed by atoms with Crippen LogP contribution in [0.25, 0.3) is 0 Å². The summed E-state index contributed by atoms with van der Waals surface area (Å²) in [6, 6.07) is 0. The number of rotatable bonds is 6. The maximum atomic E-state index is 11.9. The summed E-state index contributed by atoms with van der Waals surface area (Å²) in [6.07, 6.45) is 3.86. The van der Waals surface area contributed by atoms with Gasteiger partial charge in [-0.25, -0.2) is 4.79 Å². The molecule has 0 aliphatic heterocycles. The highest BCUT2D eigenvalue weighted by atomic mass is 16.4. The maximum absolute atomic E-state index is 11.9. The highest BCUT2D eigenvalue weighted by Crippen LogP contribution is 2.13. The topological polar surface area (TPSA) is 145 Å². The first-order valence-electron chi connectivity index (χ1n) is 6.33. The minimum Gasteiger partial charge on any atom is -0.478 e. The van der Waals surface area contributed by atoms with Crippen molar-refractivity contribution in [3.8, 4) is 0 Å². The van der Waals surface area contributed by atoms with Crippen molar-refractivity contribution in [3.63, 3.8) is 0 Å². The van der Waals surface area contributed by atoms with E-state index in [2.05, 4.69) is 15.5 Å². The van der Waals surface area contributed by atoms with Crippen LogP contribution in [-0.4, -0.2) is 42.5 Å². The molecule has 2 heterocycles. The summed E-state index contributed by atoms with van der Waals surface area (Å²) in [7, 11) is 0. The van der Waals surface area contributed by atoms with Crippen LogP contribution in [0.2, 0.25) is 0 Å². The van der Waals surface area contributed by atoms with E-state index in [0.717, 1.165) is 6.20 Å². The Morgan fingerprint density at radius 3 is 2.59 bits per heavy atom. The fourth-order valence-electron chi connectivity index (χ4n) is 1.75. The van der Waals surface area contributed by atoms with Gasteiger partial charge in [-0.3, -0.25) is 19.0 Å². The van der Waals surface area contributed by atoms with E-state index in [4.69, 9.17) is 10.8 Å². The SMILES string of the molecule is CCn1cc(NC(=O)Cn2cc(C(=O)O)cn2)c(C(N)=O)n1. The molecule has 0 atom stereocenters. The number of carbonyl (C=O) groups excluding carboxylic acids is 2. The van der Waals surface area contributed by atoms with Gasteiger partial charge >= 0.3 is 5.97 Å². The minimum atomic E-state index is -1.13. The summed E-state index contributed by atoms with van der Waals surface area (Å²) in [5, 5.41) is 19.0. The van der Waals surface area contributed by atoms with Crippen LogP contribution >= 0.6 is 0 Å². The summed E-state index contributed by atoms with van der Waals surface area (Å²) in [6.45, 7) is 2.13. The zero-order valence-electron chi connectivity index (χ0n) is 11.7. The van der Waals surface area contributed by atoms with Crippen molar-refractivity contribution in [3.05, 3.63) is 29.8 Å². The molecule has 10 heteroatoms. The number of aromatic nitrogens is 4. The van der Waals surface area contributed by atoms with E-state index in [-0.39, 0.29) is 23.5 Å². The molecule has 0 saturated heterocycles. The molecule has 0 bridgehead atoms. The van der Waals surface area contributed by atoms with Gasteiger partial charge in [0.2, 0.25) is 5.91 Å². The van der Waals surface area contributed by atoms with E-state index >= 15 is 0 Å². The zero-order valence-corrected chi connectivity index (χ0v) is 11.7. The molecule has 2 aromatic heterocycles. The normalized spacial score (nSPS) is 10.4. The van der Waals surface area contributed by atoms with Crippen LogP contribution < -0.4 is 11.1 Å². The number of hydrogen-bond donors (Lipinski definition) is 3. The van der Waals surface area contributed by atoms with Gasteiger partial charge in [-0.15, -0.1) is 0 Å². The Balaban J connectivity index is 2.09. The largest absolute Gasteiger partial charge is 0.478 e. The third-order valence-electron chi connectivity index (χ3n) is 2.78. The molecule has 116 valence electrons. The van der Waals surface area contributed by atoms with Crippen LogP contribution in [0.15, 0.2) is 18.6 Å². The molecule has 2 rings (SSSR count). The van der Waals surface area contributed by atoms with Gasteiger partial charge in [-0.05, 0) is 6.92 Å². The Labute approximate surface area is 124 Å². The van der Waals surface area contributed by atoms with E-state index < -0.39 is 17.8 Å². The molecule has 0 aromatic carbocycles. The van der Waals surface area contributed by atoms with Gasteiger partial charge in [0.05, 0.1) is 17.4 Å². The average molecular weight is 306 g/mol. The molecule has 10 nitrogen and oxygen atoms in total. The van der Waals surface area contributed by atoms with Crippen LogP contribution in [0.1, 0.15) is 27.8 Å². The Bertz CT molecular complexity index is 732. The Morgan fingerprint density at radius 1 is 1.32 bits per heavy atom. The number of primary amides is 1. The number of carboxylic acids is 1. The number of hydrogen-bond acceptors (Lipinski definition) is 5. The standard InChI is InChI=1S/C12H14N6O4/c1-2-17-5-8(10(16-17)11(13)20)15-9(19)6-18-4-7(3-14-18)12(21)22/h3-5H,2,6H2,1H3,(H2,13,20)(H,15,19)(H,21,22). The number of amides is 2. The second kappa shape index (κ2) is 6.08. The minimum absolute atomic E-state index is 0.0237. The van der Waals surface area contributed by atoms with Crippen molar-refractivity contribution in [2.24, 2.45) is 5.73 Å². The summed E-state index contributed by atoms with van der Waals surface area (Å²) in [5.41, 5.74) is 5.33. The van der Waals surface area contributed by atoms with Crippen molar-refractivity contribution in [1.29, 1.82) is 0 Å².